The Balaban J connectivity index is 2.08. The van der Waals surface area contributed by atoms with Crippen molar-refractivity contribution in [1.29, 1.82) is 0 Å². The van der Waals surface area contributed by atoms with Crippen LogP contribution in [0.1, 0.15) is 12.5 Å². The second-order valence-electron chi connectivity index (χ2n) is 4.95. The number of amides is 2. The molecule has 0 fully saturated rings. The van der Waals surface area contributed by atoms with Crippen molar-refractivity contribution in [2.24, 2.45) is 0 Å². The molecule has 2 amide bonds. The van der Waals surface area contributed by atoms with Gasteiger partial charge >= 0.3 is 0 Å². The topological polar surface area (TPSA) is 67.4 Å². The maximum absolute atomic E-state index is 12.8. The summed E-state index contributed by atoms with van der Waals surface area (Å²) >= 11 is 0. The molecular weight excluding hydrogens is 299 g/mol. The van der Waals surface area contributed by atoms with Gasteiger partial charge in [0.25, 0.3) is 0 Å². The molecule has 2 aromatic rings. The number of hydrogen-bond donors (Lipinski definition) is 2. The first-order chi connectivity index (χ1) is 11.0. The van der Waals surface area contributed by atoms with Crippen LogP contribution in [-0.4, -0.2) is 18.9 Å². The largest absolute Gasteiger partial charge is 0.495 e. The summed E-state index contributed by atoms with van der Waals surface area (Å²) in [6, 6.07) is 10.7. The van der Waals surface area contributed by atoms with Gasteiger partial charge in [-0.3, -0.25) is 9.59 Å². The average Bonchev–Trinajstić information content (AvgIpc) is 2.49. The summed E-state index contributed by atoms with van der Waals surface area (Å²) in [6.45, 7) is 1.39. The average molecular weight is 316 g/mol. The molecule has 0 aliphatic heterocycles. The fourth-order valence-electron chi connectivity index (χ4n) is 2.07. The Morgan fingerprint density at radius 2 is 1.78 bits per heavy atom. The van der Waals surface area contributed by atoms with Crippen LogP contribution in [0, 0.1) is 5.82 Å². The highest BCUT2D eigenvalue weighted by atomic mass is 19.1. The van der Waals surface area contributed by atoms with E-state index in [0.29, 0.717) is 22.7 Å². The molecule has 0 aliphatic rings. The van der Waals surface area contributed by atoms with E-state index in [0.717, 1.165) is 0 Å². The summed E-state index contributed by atoms with van der Waals surface area (Å²) in [5, 5.41) is 5.37. The molecule has 0 unspecified atom stereocenters. The Morgan fingerprint density at radius 3 is 2.39 bits per heavy atom. The first-order valence-electron chi connectivity index (χ1n) is 6.98. The molecule has 2 N–H and O–H groups in total. The van der Waals surface area contributed by atoms with Crippen LogP contribution >= 0.6 is 0 Å². The second-order valence-corrected chi connectivity index (χ2v) is 4.95. The molecule has 0 heterocycles. The lowest BCUT2D eigenvalue weighted by Gasteiger charge is -2.12. The van der Waals surface area contributed by atoms with Crippen molar-refractivity contribution in [2.45, 2.75) is 13.3 Å². The van der Waals surface area contributed by atoms with E-state index >= 15 is 0 Å². The van der Waals surface area contributed by atoms with Gasteiger partial charge in [0.2, 0.25) is 11.8 Å². The summed E-state index contributed by atoms with van der Waals surface area (Å²) in [6.07, 6.45) is 0.127. The predicted molar refractivity (Wildman–Crippen MR) is 86.0 cm³/mol. The zero-order chi connectivity index (χ0) is 16.8. The SMILES string of the molecule is COc1ccc(NC(=O)Cc2ccc(F)cc2)cc1NC(C)=O. The number of ether oxygens (including phenoxy) is 1. The van der Waals surface area contributed by atoms with Crippen molar-refractivity contribution in [1.82, 2.24) is 0 Å². The predicted octanol–water partition coefficient (Wildman–Crippen LogP) is 2.97. The van der Waals surface area contributed by atoms with E-state index in [4.69, 9.17) is 4.74 Å². The number of carbonyl (C=O) groups excluding carboxylic acids is 2. The standard InChI is InChI=1S/C17H17FN2O3/c1-11(21)19-15-10-14(7-8-16(15)23-2)20-17(22)9-12-3-5-13(18)6-4-12/h3-8,10H,9H2,1-2H3,(H,19,21)(H,20,22). The molecule has 2 aromatic carbocycles. The quantitative estimate of drug-likeness (QED) is 0.891. The molecule has 0 saturated heterocycles. The van der Waals surface area contributed by atoms with E-state index in [9.17, 15) is 14.0 Å². The Morgan fingerprint density at radius 1 is 1.09 bits per heavy atom. The lowest BCUT2D eigenvalue weighted by atomic mass is 10.1. The maximum atomic E-state index is 12.8. The zero-order valence-electron chi connectivity index (χ0n) is 12.9. The van der Waals surface area contributed by atoms with Crippen LogP contribution in [0.3, 0.4) is 0 Å². The fourth-order valence-corrected chi connectivity index (χ4v) is 2.07. The van der Waals surface area contributed by atoms with Crippen LogP contribution in [0.4, 0.5) is 15.8 Å². The molecular formula is C17H17FN2O3. The first kappa shape index (κ1) is 16.5. The summed E-state index contributed by atoms with van der Waals surface area (Å²) in [4.78, 5) is 23.2. The van der Waals surface area contributed by atoms with Gasteiger partial charge in [0, 0.05) is 12.6 Å². The number of hydrogen-bond acceptors (Lipinski definition) is 3. The van der Waals surface area contributed by atoms with E-state index in [1.165, 1.54) is 26.2 Å². The molecule has 0 bridgehead atoms. The lowest BCUT2D eigenvalue weighted by Crippen LogP contribution is -2.15. The van der Waals surface area contributed by atoms with E-state index < -0.39 is 0 Å². The van der Waals surface area contributed by atoms with Gasteiger partial charge in [0.1, 0.15) is 11.6 Å². The number of halogens is 1. The van der Waals surface area contributed by atoms with Crippen molar-refractivity contribution < 1.29 is 18.7 Å². The van der Waals surface area contributed by atoms with E-state index in [2.05, 4.69) is 10.6 Å². The first-order valence-corrected chi connectivity index (χ1v) is 6.98. The van der Waals surface area contributed by atoms with Gasteiger partial charge in [0.15, 0.2) is 0 Å². The van der Waals surface area contributed by atoms with E-state index in [-0.39, 0.29) is 24.1 Å². The maximum Gasteiger partial charge on any atom is 0.228 e. The van der Waals surface area contributed by atoms with Crippen molar-refractivity contribution >= 4 is 23.2 Å². The minimum atomic E-state index is -0.343. The molecule has 0 aliphatic carbocycles. The number of benzene rings is 2. The van der Waals surface area contributed by atoms with Gasteiger partial charge in [-0.2, -0.15) is 0 Å². The molecule has 120 valence electrons. The molecule has 0 saturated carbocycles. The van der Waals surface area contributed by atoms with E-state index in [1.807, 2.05) is 0 Å². The van der Waals surface area contributed by atoms with Crippen LogP contribution in [-0.2, 0) is 16.0 Å². The molecule has 0 atom stereocenters. The van der Waals surface area contributed by atoms with Crippen LogP contribution < -0.4 is 15.4 Å². The Labute approximate surface area is 133 Å². The number of methoxy groups -OCH3 is 1. The third-order valence-corrected chi connectivity index (χ3v) is 3.07. The van der Waals surface area contributed by atoms with Crippen LogP contribution in [0.2, 0.25) is 0 Å². The molecule has 23 heavy (non-hydrogen) atoms. The van der Waals surface area contributed by atoms with Gasteiger partial charge in [-0.25, -0.2) is 4.39 Å². The van der Waals surface area contributed by atoms with Gasteiger partial charge < -0.3 is 15.4 Å². The van der Waals surface area contributed by atoms with Gasteiger partial charge in [-0.15, -0.1) is 0 Å². The van der Waals surface area contributed by atoms with Gasteiger partial charge in [-0.1, -0.05) is 12.1 Å². The summed E-state index contributed by atoms with van der Waals surface area (Å²) in [5.41, 5.74) is 1.71. The Bertz CT molecular complexity index is 714. The van der Waals surface area contributed by atoms with Crippen molar-refractivity contribution in [3.63, 3.8) is 0 Å². The summed E-state index contributed by atoms with van der Waals surface area (Å²) in [7, 11) is 1.49. The van der Waals surface area contributed by atoms with Crippen molar-refractivity contribution in [2.75, 3.05) is 17.7 Å². The normalized spacial score (nSPS) is 10.0. The molecule has 2 rings (SSSR count). The molecule has 0 radical (unpaired) electrons. The minimum absolute atomic E-state index is 0.127. The third-order valence-electron chi connectivity index (χ3n) is 3.07. The molecule has 6 heteroatoms. The fraction of sp³-hybridized carbons (Fsp3) is 0.176. The van der Waals surface area contributed by atoms with E-state index in [1.54, 1.807) is 30.3 Å². The highest BCUT2D eigenvalue weighted by Gasteiger charge is 2.09. The van der Waals surface area contributed by atoms with Crippen molar-refractivity contribution in [3.8, 4) is 5.75 Å². The van der Waals surface area contributed by atoms with Crippen LogP contribution in [0.25, 0.3) is 0 Å². The van der Waals surface area contributed by atoms with Crippen LogP contribution in [0.5, 0.6) is 5.75 Å². The lowest BCUT2D eigenvalue weighted by molar-refractivity contribution is -0.115. The minimum Gasteiger partial charge on any atom is -0.495 e. The van der Waals surface area contributed by atoms with Crippen LogP contribution in [0.15, 0.2) is 42.5 Å². The summed E-state index contributed by atoms with van der Waals surface area (Å²) in [5.74, 6) is -0.324. The molecule has 0 spiro atoms. The van der Waals surface area contributed by atoms with Gasteiger partial charge in [-0.05, 0) is 35.9 Å². The number of carbonyl (C=O) groups is 2. The van der Waals surface area contributed by atoms with Gasteiger partial charge in [0.05, 0.1) is 19.2 Å². The summed E-state index contributed by atoms with van der Waals surface area (Å²) < 4.78 is 18.0. The monoisotopic (exact) mass is 316 g/mol. The highest BCUT2D eigenvalue weighted by molar-refractivity contribution is 5.95. The number of rotatable bonds is 5. The second kappa shape index (κ2) is 7.40. The highest BCUT2D eigenvalue weighted by Crippen LogP contribution is 2.27. The Kier molecular flexibility index (Phi) is 5.30. The third kappa shape index (κ3) is 4.81. The molecule has 0 aromatic heterocycles. The number of nitrogens with one attached hydrogen (secondary N) is 2. The van der Waals surface area contributed by atoms with Crippen molar-refractivity contribution in [3.05, 3.63) is 53.8 Å². The smallest absolute Gasteiger partial charge is 0.228 e. The zero-order valence-corrected chi connectivity index (χ0v) is 12.9. The number of anilines is 2. The Hall–Kier alpha value is -2.89. The molecule has 5 nitrogen and oxygen atoms in total.